The Hall–Kier alpha value is -3.02. The summed E-state index contributed by atoms with van der Waals surface area (Å²) in [6, 6.07) is 11.9. The summed E-state index contributed by atoms with van der Waals surface area (Å²) in [6.45, 7) is 0. The van der Waals surface area contributed by atoms with Gasteiger partial charge in [0.2, 0.25) is 0 Å². The third-order valence-corrected chi connectivity index (χ3v) is 2.98. The smallest absolute Gasteiger partial charge is 0.337 e. The molecule has 0 aliphatic heterocycles. The summed E-state index contributed by atoms with van der Waals surface area (Å²) in [7, 11) is 3.10. The van der Waals surface area contributed by atoms with Crippen LogP contribution in [0, 0.1) is 0 Å². The fraction of sp³-hybridized carbons (Fsp3) is 0.125. The SMILES string of the molecule is COc1cccc(C=NNc2ccccc2C(=O)O)c1OC. The summed E-state index contributed by atoms with van der Waals surface area (Å²) in [6.07, 6.45) is 1.54. The van der Waals surface area contributed by atoms with Crippen LogP contribution in [-0.2, 0) is 0 Å². The van der Waals surface area contributed by atoms with Crippen molar-refractivity contribution in [1.29, 1.82) is 0 Å². The highest BCUT2D eigenvalue weighted by Crippen LogP contribution is 2.29. The molecule has 0 unspecified atom stereocenters. The molecule has 6 heteroatoms. The fourth-order valence-electron chi connectivity index (χ4n) is 1.95. The maximum Gasteiger partial charge on any atom is 0.337 e. The first kappa shape index (κ1) is 15.4. The molecule has 2 N–H and O–H groups in total. The van der Waals surface area contributed by atoms with Gasteiger partial charge in [-0.1, -0.05) is 18.2 Å². The van der Waals surface area contributed by atoms with Crippen molar-refractivity contribution in [2.24, 2.45) is 5.10 Å². The second-order valence-corrected chi connectivity index (χ2v) is 4.30. The molecule has 0 radical (unpaired) electrons. The van der Waals surface area contributed by atoms with Crippen LogP contribution in [0.2, 0.25) is 0 Å². The molecule has 2 rings (SSSR count). The van der Waals surface area contributed by atoms with Crippen molar-refractivity contribution < 1.29 is 19.4 Å². The first-order valence-corrected chi connectivity index (χ1v) is 6.49. The second kappa shape index (κ2) is 7.12. The predicted molar refractivity (Wildman–Crippen MR) is 84.2 cm³/mol. The van der Waals surface area contributed by atoms with E-state index in [9.17, 15) is 4.79 Å². The Bertz CT molecular complexity index is 698. The number of carbonyl (C=O) groups is 1. The minimum Gasteiger partial charge on any atom is -0.493 e. The van der Waals surface area contributed by atoms with Gasteiger partial charge >= 0.3 is 5.97 Å². The Balaban J connectivity index is 2.22. The number of aromatic carboxylic acids is 1. The van der Waals surface area contributed by atoms with Crippen LogP contribution in [-0.4, -0.2) is 31.5 Å². The normalized spacial score (nSPS) is 10.5. The van der Waals surface area contributed by atoms with Gasteiger partial charge in [0.1, 0.15) is 0 Å². The van der Waals surface area contributed by atoms with Crippen LogP contribution >= 0.6 is 0 Å². The lowest BCUT2D eigenvalue weighted by atomic mass is 10.2. The van der Waals surface area contributed by atoms with Crippen molar-refractivity contribution >= 4 is 17.9 Å². The summed E-state index contributed by atoms with van der Waals surface area (Å²) in [5, 5.41) is 13.2. The van der Waals surface area contributed by atoms with Crippen molar-refractivity contribution in [2.45, 2.75) is 0 Å². The van der Waals surface area contributed by atoms with Gasteiger partial charge in [-0.25, -0.2) is 4.79 Å². The molecule has 114 valence electrons. The molecule has 0 aliphatic rings. The Morgan fingerprint density at radius 3 is 2.59 bits per heavy atom. The van der Waals surface area contributed by atoms with E-state index in [1.54, 1.807) is 44.7 Å². The van der Waals surface area contributed by atoms with E-state index in [1.807, 2.05) is 12.1 Å². The molecule has 0 aromatic heterocycles. The van der Waals surface area contributed by atoms with Crippen molar-refractivity contribution in [2.75, 3.05) is 19.6 Å². The Morgan fingerprint density at radius 1 is 1.14 bits per heavy atom. The molecule has 0 aliphatic carbocycles. The number of hydrazone groups is 1. The molecule has 2 aromatic carbocycles. The average molecular weight is 300 g/mol. The van der Waals surface area contributed by atoms with Gasteiger partial charge in [-0.2, -0.15) is 5.10 Å². The first-order chi connectivity index (χ1) is 10.7. The van der Waals surface area contributed by atoms with Crippen molar-refractivity contribution in [1.82, 2.24) is 0 Å². The van der Waals surface area contributed by atoms with Gasteiger partial charge in [0.15, 0.2) is 11.5 Å². The number of hydrogen-bond donors (Lipinski definition) is 2. The molecular formula is C16H16N2O4. The summed E-state index contributed by atoms with van der Waals surface area (Å²) >= 11 is 0. The number of anilines is 1. The number of rotatable bonds is 6. The molecule has 0 heterocycles. The largest absolute Gasteiger partial charge is 0.493 e. The monoisotopic (exact) mass is 300 g/mol. The molecule has 0 amide bonds. The number of ether oxygens (including phenoxy) is 2. The number of para-hydroxylation sites is 2. The molecule has 0 fully saturated rings. The maximum atomic E-state index is 11.1. The molecular weight excluding hydrogens is 284 g/mol. The Kier molecular flexibility index (Phi) is 4.98. The van der Waals surface area contributed by atoms with Gasteiger partial charge in [0, 0.05) is 5.56 Å². The van der Waals surface area contributed by atoms with Crippen LogP contribution in [0.3, 0.4) is 0 Å². The molecule has 0 spiro atoms. The molecule has 0 saturated heterocycles. The van der Waals surface area contributed by atoms with Crippen molar-refractivity contribution in [3.8, 4) is 11.5 Å². The van der Waals surface area contributed by atoms with Gasteiger partial charge in [0.25, 0.3) is 0 Å². The quantitative estimate of drug-likeness (QED) is 0.633. The van der Waals surface area contributed by atoms with Gasteiger partial charge in [-0.15, -0.1) is 0 Å². The van der Waals surface area contributed by atoms with E-state index in [0.717, 1.165) is 0 Å². The molecule has 2 aromatic rings. The minimum absolute atomic E-state index is 0.150. The maximum absolute atomic E-state index is 11.1. The second-order valence-electron chi connectivity index (χ2n) is 4.30. The number of nitrogens with zero attached hydrogens (tertiary/aromatic N) is 1. The zero-order valence-corrected chi connectivity index (χ0v) is 12.2. The number of benzene rings is 2. The summed E-state index contributed by atoms with van der Waals surface area (Å²) in [5.41, 5.74) is 3.99. The summed E-state index contributed by atoms with van der Waals surface area (Å²) in [4.78, 5) is 11.1. The Labute approximate surface area is 128 Å². The van der Waals surface area contributed by atoms with Gasteiger partial charge in [0.05, 0.1) is 31.7 Å². The lowest BCUT2D eigenvalue weighted by Gasteiger charge is -2.09. The predicted octanol–water partition coefficient (Wildman–Crippen LogP) is 2.85. The number of hydrogen-bond acceptors (Lipinski definition) is 5. The van der Waals surface area contributed by atoms with Crippen LogP contribution in [0.15, 0.2) is 47.6 Å². The van der Waals surface area contributed by atoms with E-state index in [1.165, 1.54) is 6.07 Å². The summed E-state index contributed by atoms with van der Waals surface area (Å²) in [5.74, 6) is 0.136. The van der Waals surface area contributed by atoms with Crippen LogP contribution < -0.4 is 14.9 Å². The zero-order chi connectivity index (χ0) is 15.9. The number of methoxy groups -OCH3 is 2. The highest BCUT2D eigenvalue weighted by atomic mass is 16.5. The van der Waals surface area contributed by atoms with E-state index in [-0.39, 0.29) is 5.56 Å². The van der Waals surface area contributed by atoms with E-state index in [2.05, 4.69) is 10.5 Å². The standard InChI is InChI=1S/C16H16N2O4/c1-21-14-9-5-6-11(15(14)22-2)10-17-18-13-8-4-3-7-12(13)16(19)20/h3-10,18H,1-2H3,(H,19,20). The van der Waals surface area contributed by atoms with E-state index in [4.69, 9.17) is 14.6 Å². The van der Waals surface area contributed by atoms with Crippen LogP contribution in [0.5, 0.6) is 11.5 Å². The number of carboxylic acids is 1. The molecule has 22 heavy (non-hydrogen) atoms. The third kappa shape index (κ3) is 3.35. The average Bonchev–Trinajstić information content (AvgIpc) is 2.54. The van der Waals surface area contributed by atoms with Crippen LogP contribution in [0.1, 0.15) is 15.9 Å². The minimum atomic E-state index is -1.02. The lowest BCUT2D eigenvalue weighted by molar-refractivity contribution is 0.0698. The first-order valence-electron chi connectivity index (χ1n) is 6.49. The van der Waals surface area contributed by atoms with Gasteiger partial charge < -0.3 is 14.6 Å². The highest BCUT2D eigenvalue weighted by Gasteiger charge is 2.09. The molecule has 0 bridgehead atoms. The molecule has 6 nitrogen and oxygen atoms in total. The van der Waals surface area contributed by atoms with Crippen LogP contribution in [0.4, 0.5) is 5.69 Å². The van der Waals surface area contributed by atoms with Crippen LogP contribution in [0.25, 0.3) is 0 Å². The fourth-order valence-corrected chi connectivity index (χ4v) is 1.95. The number of nitrogens with one attached hydrogen (secondary N) is 1. The molecule has 0 atom stereocenters. The number of carboxylic acid groups (broad SMARTS) is 1. The van der Waals surface area contributed by atoms with Crippen molar-refractivity contribution in [3.63, 3.8) is 0 Å². The third-order valence-electron chi connectivity index (χ3n) is 2.98. The van der Waals surface area contributed by atoms with E-state index >= 15 is 0 Å². The van der Waals surface area contributed by atoms with Gasteiger partial charge in [-0.05, 0) is 24.3 Å². The molecule has 0 saturated carbocycles. The van der Waals surface area contributed by atoms with E-state index in [0.29, 0.717) is 22.7 Å². The highest BCUT2D eigenvalue weighted by molar-refractivity contribution is 5.94. The zero-order valence-electron chi connectivity index (χ0n) is 12.2. The topological polar surface area (TPSA) is 80.2 Å². The Morgan fingerprint density at radius 2 is 1.91 bits per heavy atom. The lowest BCUT2D eigenvalue weighted by Crippen LogP contribution is -2.02. The van der Waals surface area contributed by atoms with Gasteiger partial charge in [-0.3, -0.25) is 5.43 Å². The summed E-state index contributed by atoms with van der Waals surface area (Å²) < 4.78 is 10.5. The van der Waals surface area contributed by atoms with Crippen molar-refractivity contribution in [3.05, 3.63) is 53.6 Å². The van der Waals surface area contributed by atoms with E-state index < -0.39 is 5.97 Å².